The van der Waals surface area contributed by atoms with Gasteiger partial charge in [0.2, 0.25) is 17.7 Å². The zero-order valence-electron chi connectivity index (χ0n) is 15.7. The van der Waals surface area contributed by atoms with Crippen molar-refractivity contribution >= 4 is 30.4 Å². The first-order valence-electron chi connectivity index (χ1n) is 8.91. The number of unbranched alkanes of at least 4 members (excludes halogenated alkanes) is 2. The first-order valence-corrected chi connectivity index (χ1v) is 9.54. The minimum atomic E-state index is -0.856. The van der Waals surface area contributed by atoms with Crippen molar-refractivity contribution < 1.29 is 14.4 Å². The molecule has 0 aliphatic carbocycles. The molecule has 0 aromatic rings. The molecule has 152 valence electrons. The van der Waals surface area contributed by atoms with Crippen LogP contribution in [-0.4, -0.2) is 85.6 Å². The molecule has 0 radical (unpaired) electrons. The molecule has 10 heteroatoms. The Labute approximate surface area is 161 Å². The van der Waals surface area contributed by atoms with Gasteiger partial charge >= 0.3 is 0 Å². The standard InChI is InChI=1S/C16H34N6O3S/c1-21(8-4-2-6-17)11-15(24)22(9-5-3-7-18)10-14(23)20-13(12-26)16(19)25/h13,26H,2-12,17-18H2,1H3,(H2,19,25)(H,20,23). The minimum Gasteiger partial charge on any atom is -0.368 e. The van der Waals surface area contributed by atoms with Gasteiger partial charge in [0.25, 0.3) is 0 Å². The second-order valence-electron chi connectivity index (χ2n) is 6.25. The Morgan fingerprint density at radius 3 is 2.08 bits per heavy atom. The predicted octanol–water partition coefficient (Wildman–Crippen LogP) is -1.88. The average Bonchev–Trinajstić information content (AvgIpc) is 2.58. The maximum Gasteiger partial charge on any atom is 0.240 e. The fourth-order valence-corrected chi connectivity index (χ4v) is 2.57. The van der Waals surface area contributed by atoms with Crippen molar-refractivity contribution in [3.05, 3.63) is 0 Å². The Balaban J connectivity index is 4.68. The van der Waals surface area contributed by atoms with Gasteiger partial charge in [0.15, 0.2) is 0 Å². The summed E-state index contributed by atoms with van der Waals surface area (Å²) in [6.07, 6.45) is 3.28. The summed E-state index contributed by atoms with van der Waals surface area (Å²) in [5, 5.41) is 2.50. The third-order valence-electron chi connectivity index (χ3n) is 3.83. The molecule has 0 rings (SSSR count). The molecule has 7 N–H and O–H groups in total. The zero-order chi connectivity index (χ0) is 19.9. The normalized spacial score (nSPS) is 12.0. The average molecular weight is 391 g/mol. The van der Waals surface area contributed by atoms with Gasteiger partial charge in [-0.3, -0.25) is 19.3 Å². The Hall–Kier alpha value is -1.36. The lowest BCUT2D eigenvalue weighted by atomic mass is 10.2. The molecule has 0 aromatic carbocycles. The quantitative estimate of drug-likeness (QED) is 0.163. The van der Waals surface area contributed by atoms with Gasteiger partial charge in [-0.25, -0.2) is 0 Å². The van der Waals surface area contributed by atoms with Crippen molar-refractivity contribution in [3.63, 3.8) is 0 Å². The molecule has 0 saturated heterocycles. The van der Waals surface area contributed by atoms with E-state index in [0.717, 1.165) is 25.8 Å². The number of nitrogens with two attached hydrogens (primary N) is 3. The van der Waals surface area contributed by atoms with E-state index in [2.05, 4.69) is 17.9 Å². The molecule has 0 saturated carbocycles. The third kappa shape index (κ3) is 11.3. The fourth-order valence-electron chi connectivity index (χ4n) is 2.30. The minimum absolute atomic E-state index is 0.103. The van der Waals surface area contributed by atoms with E-state index in [9.17, 15) is 14.4 Å². The van der Waals surface area contributed by atoms with Crippen LogP contribution in [0.25, 0.3) is 0 Å². The second kappa shape index (κ2) is 14.8. The van der Waals surface area contributed by atoms with Gasteiger partial charge in [0, 0.05) is 12.3 Å². The highest BCUT2D eigenvalue weighted by Gasteiger charge is 2.21. The highest BCUT2D eigenvalue weighted by atomic mass is 32.1. The lowest BCUT2D eigenvalue weighted by Crippen LogP contribution is -2.51. The highest BCUT2D eigenvalue weighted by Crippen LogP contribution is 2.00. The summed E-state index contributed by atoms with van der Waals surface area (Å²) < 4.78 is 0. The maximum absolute atomic E-state index is 12.5. The molecular weight excluding hydrogens is 356 g/mol. The maximum atomic E-state index is 12.5. The van der Waals surface area contributed by atoms with E-state index < -0.39 is 17.9 Å². The van der Waals surface area contributed by atoms with Crippen molar-refractivity contribution in [1.29, 1.82) is 0 Å². The number of amides is 3. The number of nitrogens with zero attached hydrogens (tertiary/aromatic N) is 2. The largest absolute Gasteiger partial charge is 0.368 e. The summed E-state index contributed by atoms with van der Waals surface area (Å²) in [7, 11) is 1.86. The van der Waals surface area contributed by atoms with Gasteiger partial charge in [-0.1, -0.05) is 0 Å². The van der Waals surface area contributed by atoms with Crippen molar-refractivity contribution in [2.75, 3.05) is 52.1 Å². The molecule has 9 nitrogen and oxygen atoms in total. The SMILES string of the molecule is CN(CCCCN)CC(=O)N(CCCCN)CC(=O)NC(CS)C(N)=O. The first-order chi connectivity index (χ1) is 12.3. The Morgan fingerprint density at radius 1 is 1.00 bits per heavy atom. The summed E-state index contributed by atoms with van der Waals surface area (Å²) in [6.45, 7) is 2.43. The second-order valence-corrected chi connectivity index (χ2v) is 6.61. The van der Waals surface area contributed by atoms with Crippen LogP contribution in [-0.2, 0) is 14.4 Å². The lowest BCUT2D eigenvalue weighted by Gasteiger charge is -2.26. The van der Waals surface area contributed by atoms with Crippen LogP contribution in [0.3, 0.4) is 0 Å². The summed E-state index contributed by atoms with van der Waals surface area (Å²) in [5.74, 6) is -1.14. The van der Waals surface area contributed by atoms with E-state index in [1.165, 1.54) is 4.90 Å². The van der Waals surface area contributed by atoms with Crippen molar-refractivity contribution in [1.82, 2.24) is 15.1 Å². The van der Waals surface area contributed by atoms with Gasteiger partial charge in [-0.2, -0.15) is 12.6 Å². The molecule has 3 amide bonds. The van der Waals surface area contributed by atoms with Crippen LogP contribution in [0.5, 0.6) is 0 Å². The molecule has 0 fully saturated rings. The van der Waals surface area contributed by atoms with Gasteiger partial charge in [-0.15, -0.1) is 0 Å². The van der Waals surface area contributed by atoms with E-state index in [1.807, 2.05) is 11.9 Å². The van der Waals surface area contributed by atoms with Gasteiger partial charge in [-0.05, 0) is 52.4 Å². The Morgan fingerprint density at radius 2 is 1.58 bits per heavy atom. The van der Waals surface area contributed by atoms with Crippen LogP contribution in [0, 0.1) is 0 Å². The number of primary amides is 1. The molecule has 1 unspecified atom stereocenters. The van der Waals surface area contributed by atoms with E-state index in [0.29, 0.717) is 26.1 Å². The number of carbonyl (C=O) groups excluding carboxylic acids is 3. The molecular formula is C16H34N6O3S. The fraction of sp³-hybridized carbons (Fsp3) is 0.812. The highest BCUT2D eigenvalue weighted by molar-refractivity contribution is 7.80. The van der Waals surface area contributed by atoms with E-state index in [-0.39, 0.29) is 24.7 Å². The molecule has 26 heavy (non-hydrogen) atoms. The summed E-state index contributed by atoms with van der Waals surface area (Å²) in [6, 6.07) is -0.856. The van der Waals surface area contributed by atoms with Gasteiger partial charge < -0.3 is 27.4 Å². The first kappa shape index (κ1) is 24.6. The molecule has 0 aliphatic heterocycles. The van der Waals surface area contributed by atoms with Gasteiger partial charge in [0.1, 0.15) is 6.04 Å². The van der Waals surface area contributed by atoms with Crippen molar-refractivity contribution in [2.45, 2.75) is 31.7 Å². The zero-order valence-corrected chi connectivity index (χ0v) is 16.5. The monoisotopic (exact) mass is 390 g/mol. The van der Waals surface area contributed by atoms with Gasteiger partial charge in [0.05, 0.1) is 13.1 Å². The van der Waals surface area contributed by atoms with Crippen LogP contribution in [0.4, 0.5) is 0 Å². The molecule has 0 aromatic heterocycles. The summed E-state index contributed by atoms with van der Waals surface area (Å²) in [5.41, 5.74) is 16.2. The number of thiol groups is 1. The summed E-state index contributed by atoms with van der Waals surface area (Å²) in [4.78, 5) is 39.3. The topological polar surface area (TPSA) is 148 Å². The Bertz CT molecular complexity index is 438. The smallest absolute Gasteiger partial charge is 0.240 e. The number of hydrogen-bond donors (Lipinski definition) is 5. The predicted molar refractivity (Wildman–Crippen MR) is 106 cm³/mol. The van der Waals surface area contributed by atoms with Crippen LogP contribution in [0.1, 0.15) is 25.7 Å². The Kier molecular flexibility index (Phi) is 14.0. The van der Waals surface area contributed by atoms with Crippen LogP contribution in [0.2, 0.25) is 0 Å². The molecule has 0 heterocycles. The number of carbonyl (C=O) groups is 3. The number of rotatable bonds is 15. The lowest BCUT2D eigenvalue weighted by molar-refractivity contribution is -0.137. The number of nitrogens with one attached hydrogen (secondary N) is 1. The molecule has 0 aliphatic rings. The van der Waals surface area contributed by atoms with Crippen LogP contribution >= 0.6 is 12.6 Å². The van der Waals surface area contributed by atoms with Crippen molar-refractivity contribution in [3.8, 4) is 0 Å². The molecule has 0 spiro atoms. The van der Waals surface area contributed by atoms with E-state index in [4.69, 9.17) is 17.2 Å². The van der Waals surface area contributed by atoms with E-state index >= 15 is 0 Å². The van der Waals surface area contributed by atoms with Crippen LogP contribution < -0.4 is 22.5 Å². The number of likely N-dealkylation sites (N-methyl/N-ethyl adjacent to an activating group) is 1. The van der Waals surface area contributed by atoms with Crippen molar-refractivity contribution in [2.24, 2.45) is 17.2 Å². The molecule has 1 atom stereocenters. The third-order valence-corrected chi connectivity index (χ3v) is 4.19. The summed E-state index contributed by atoms with van der Waals surface area (Å²) >= 11 is 3.99. The number of hydrogen-bond acceptors (Lipinski definition) is 7. The van der Waals surface area contributed by atoms with E-state index in [1.54, 1.807) is 0 Å². The molecule has 0 bridgehead atoms. The van der Waals surface area contributed by atoms with Crippen LogP contribution in [0.15, 0.2) is 0 Å².